The minimum absolute atomic E-state index is 0.104. The number of piperazine rings is 1. The minimum Gasteiger partial charge on any atom is -0.331 e. The van der Waals surface area contributed by atoms with E-state index in [1.54, 1.807) is 0 Å². The molecule has 4 nitrogen and oxygen atoms in total. The molecule has 0 aromatic carbocycles. The smallest absolute Gasteiger partial charge is 0.251 e. The maximum atomic E-state index is 12.6. The van der Waals surface area contributed by atoms with Gasteiger partial charge in [0.05, 0.1) is 13.1 Å². The molecular weight excluding hydrogens is 274 g/mol. The van der Waals surface area contributed by atoms with E-state index in [4.69, 9.17) is 0 Å². The molecule has 6 heteroatoms. The molecule has 21 heavy (non-hydrogen) atoms. The predicted octanol–water partition coefficient (Wildman–Crippen LogP) is 2.63. The molecule has 2 rings (SSSR count). The normalized spacial score (nSPS) is 21.6. The maximum Gasteiger partial charge on any atom is 0.251 e. The standard InChI is InChI=1S/C15H26F2N4/c1-4-13-9-19(7-8-20(13)10-14(16)17)11-15-18-5-6-21(15)12(2)3/h5-6,12-14H,4,7-11H2,1-3H3. The van der Waals surface area contributed by atoms with Crippen molar-refractivity contribution in [1.82, 2.24) is 19.4 Å². The quantitative estimate of drug-likeness (QED) is 0.807. The second kappa shape index (κ2) is 7.31. The molecule has 1 aliphatic rings. The molecule has 0 bridgehead atoms. The van der Waals surface area contributed by atoms with Gasteiger partial charge in [0, 0.05) is 44.1 Å². The fourth-order valence-corrected chi connectivity index (χ4v) is 3.04. The lowest BCUT2D eigenvalue weighted by molar-refractivity contribution is 0.0159. The van der Waals surface area contributed by atoms with Crippen LogP contribution in [0.15, 0.2) is 12.4 Å². The van der Waals surface area contributed by atoms with Gasteiger partial charge in [-0.05, 0) is 20.3 Å². The first-order chi connectivity index (χ1) is 10.0. The number of alkyl halides is 2. The molecule has 0 radical (unpaired) electrons. The predicted molar refractivity (Wildman–Crippen MR) is 79.5 cm³/mol. The number of halogens is 2. The lowest BCUT2D eigenvalue weighted by Crippen LogP contribution is -2.53. The van der Waals surface area contributed by atoms with Crippen molar-refractivity contribution < 1.29 is 8.78 Å². The lowest BCUT2D eigenvalue weighted by Gasteiger charge is -2.41. The van der Waals surface area contributed by atoms with Gasteiger partial charge in [-0.2, -0.15) is 0 Å². The van der Waals surface area contributed by atoms with E-state index >= 15 is 0 Å². The Labute approximate surface area is 125 Å². The molecule has 0 N–H and O–H groups in total. The number of aromatic nitrogens is 2. The summed E-state index contributed by atoms with van der Waals surface area (Å²) in [5.41, 5.74) is 0. The first-order valence-electron chi connectivity index (χ1n) is 7.77. The van der Waals surface area contributed by atoms with Crippen LogP contribution in [0.4, 0.5) is 8.78 Å². The van der Waals surface area contributed by atoms with E-state index in [0.29, 0.717) is 12.6 Å². The van der Waals surface area contributed by atoms with E-state index < -0.39 is 6.43 Å². The van der Waals surface area contributed by atoms with E-state index in [0.717, 1.165) is 31.9 Å². The van der Waals surface area contributed by atoms with Gasteiger partial charge in [-0.15, -0.1) is 0 Å². The summed E-state index contributed by atoms with van der Waals surface area (Å²) in [5, 5.41) is 0. The zero-order valence-corrected chi connectivity index (χ0v) is 13.2. The van der Waals surface area contributed by atoms with Crippen LogP contribution in [0.2, 0.25) is 0 Å². The van der Waals surface area contributed by atoms with Gasteiger partial charge in [0.2, 0.25) is 0 Å². The summed E-state index contributed by atoms with van der Waals surface area (Å²) >= 11 is 0. The van der Waals surface area contributed by atoms with Gasteiger partial charge in [-0.1, -0.05) is 6.92 Å². The summed E-state index contributed by atoms with van der Waals surface area (Å²) < 4.78 is 27.4. The third-order valence-electron chi connectivity index (χ3n) is 4.20. The van der Waals surface area contributed by atoms with Gasteiger partial charge in [0.15, 0.2) is 0 Å². The van der Waals surface area contributed by atoms with Crippen LogP contribution in [0.5, 0.6) is 0 Å². The van der Waals surface area contributed by atoms with Crippen molar-refractivity contribution in [3.63, 3.8) is 0 Å². The molecule has 1 atom stereocenters. The van der Waals surface area contributed by atoms with Crippen molar-refractivity contribution in [3.05, 3.63) is 18.2 Å². The number of rotatable bonds is 6. The van der Waals surface area contributed by atoms with E-state index in [9.17, 15) is 8.78 Å². The average Bonchev–Trinajstić information content (AvgIpc) is 2.88. The third-order valence-corrected chi connectivity index (χ3v) is 4.20. The fourth-order valence-electron chi connectivity index (χ4n) is 3.04. The van der Waals surface area contributed by atoms with Crippen LogP contribution in [0.25, 0.3) is 0 Å². The Morgan fingerprint density at radius 3 is 2.71 bits per heavy atom. The second-order valence-corrected chi connectivity index (χ2v) is 6.03. The summed E-state index contributed by atoms with van der Waals surface area (Å²) in [6, 6.07) is 0.611. The average molecular weight is 300 g/mol. The molecule has 120 valence electrons. The monoisotopic (exact) mass is 300 g/mol. The van der Waals surface area contributed by atoms with Crippen LogP contribution >= 0.6 is 0 Å². The van der Waals surface area contributed by atoms with E-state index in [-0.39, 0.29) is 12.6 Å². The van der Waals surface area contributed by atoms with E-state index in [2.05, 4.69) is 35.2 Å². The first-order valence-corrected chi connectivity index (χ1v) is 7.77. The van der Waals surface area contributed by atoms with Gasteiger partial charge in [-0.25, -0.2) is 13.8 Å². The van der Waals surface area contributed by atoms with Crippen LogP contribution in [-0.4, -0.2) is 58.0 Å². The SMILES string of the molecule is CCC1CN(Cc2nccn2C(C)C)CCN1CC(F)F. The highest BCUT2D eigenvalue weighted by Gasteiger charge is 2.28. The van der Waals surface area contributed by atoms with Crippen molar-refractivity contribution in [2.75, 3.05) is 26.2 Å². The van der Waals surface area contributed by atoms with Gasteiger partial charge >= 0.3 is 0 Å². The first kappa shape index (κ1) is 16.4. The highest BCUT2D eigenvalue weighted by Crippen LogP contribution is 2.17. The van der Waals surface area contributed by atoms with Gasteiger partial charge in [0.25, 0.3) is 6.43 Å². The minimum atomic E-state index is -2.24. The largest absolute Gasteiger partial charge is 0.331 e. The Balaban J connectivity index is 1.96. The summed E-state index contributed by atoms with van der Waals surface area (Å²) in [5.74, 6) is 1.06. The van der Waals surface area contributed by atoms with E-state index in [1.807, 2.05) is 17.3 Å². The van der Waals surface area contributed by atoms with Crippen molar-refractivity contribution >= 4 is 0 Å². The Kier molecular flexibility index (Phi) is 5.70. The van der Waals surface area contributed by atoms with E-state index in [1.165, 1.54) is 0 Å². The molecule has 2 heterocycles. The van der Waals surface area contributed by atoms with Crippen molar-refractivity contribution in [2.24, 2.45) is 0 Å². The second-order valence-electron chi connectivity index (χ2n) is 6.03. The molecule has 1 aromatic rings. The fraction of sp³-hybridized carbons (Fsp3) is 0.800. The topological polar surface area (TPSA) is 24.3 Å². The molecule has 0 aliphatic carbocycles. The Bertz CT molecular complexity index is 433. The summed E-state index contributed by atoms with van der Waals surface area (Å²) in [4.78, 5) is 8.69. The number of hydrogen-bond donors (Lipinski definition) is 0. The Morgan fingerprint density at radius 2 is 2.10 bits per heavy atom. The van der Waals surface area contributed by atoms with Gasteiger partial charge in [-0.3, -0.25) is 9.80 Å². The van der Waals surface area contributed by atoms with Crippen LogP contribution in [-0.2, 0) is 6.54 Å². The zero-order chi connectivity index (χ0) is 15.4. The highest BCUT2D eigenvalue weighted by atomic mass is 19.3. The lowest BCUT2D eigenvalue weighted by atomic mass is 10.1. The molecule has 1 saturated heterocycles. The van der Waals surface area contributed by atoms with Crippen molar-refractivity contribution in [2.45, 2.75) is 52.2 Å². The third kappa shape index (κ3) is 4.23. The molecule has 1 unspecified atom stereocenters. The van der Waals surface area contributed by atoms with Crippen molar-refractivity contribution in [3.8, 4) is 0 Å². The van der Waals surface area contributed by atoms with Crippen LogP contribution in [0, 0.1) is 0 Å². The zero-order valence-electron chi connectivity index (χ0n) is 13.2. The van der Waals surface area contributed by atoms with Crippen molar-refractivity contribution in [1.29, 1.82) is 0 Å². The molecule has 1 aliphatic heterocycles. The Morgan fingerprint density at radius 1 is 1.33 bits per heavy atom. The van der Waals surface area contributed by atoms with Gasteiger partial charge in [0.1, 0.15) is 5.82 Å². The number of nitrogens with zero attached hydrogens (tertiary/aromatic N) is 4. The van der Waals surface area contributed by atoms with Gasteiger partial charge < -0.3 is 4.57 Å². The Hall–Kier alpha value is -1.01. The summed E-state index contributed by atoms with van der Waals surface area (Å²) in [6.45, 7) is 9.42. The summed E-state index contributed by atoms with van der Waals surface area (Å²) in [7, 11) is 0. The van der Waals surface area contributed by atoms with Crippen LogP contribution in [0.1, 0.15) is 39.1 Å². The molecular formula is C15H26F2N4. The number of hydrogen-bond acceptors (Lipinski definition) is 3. The molecule has 0 amide bonds. The number of imidazole rings is 1. The molecule has 0 spiro atoms. The highest BCUT2D eigenvalue weighted by molar-refractivity contribution is 4.95. The molecule has 1 aromatic heterocycles. The molecule has 0 saturated carbocycles. The molecule has 1 fully saturated rings. The maximum absolute atomic E-state index is 12.6. The van der Waals surface area contributed by atoms with Crippen LogP contribution in [0.3, 0.4) is 0 Å². The van der Waals surface area contributed by atoms with Crippen LogP contribution < -0.4 is 0 Å². The summed E-state index contributed by atoms with van der Waals surface area (Å²) in [6.07, 6.45) is 2.50.